The van der Waals surface area contributed by atoms with Crippen molar-refractivity contribution in [1.29, 1.82) is 0 Å². The Morgan fingerprint density at radius 2 is 1.72 bits per heavy atom. The number of carboxylic acid groups (broad SMARTS) is 2. The van der Waals surface area contributed by atoms with Crippen molar-refractivity contribution in [2.24, 2.45) is 0 Å². The molecule has 2 heterocycles. The van der Waals surface area contributed by atoms with Crippen LogP contribution in [0.1, 0.15) is 16.7 Å². The SMILES string of the molecule is C=C1C=Cc2ccc(CCN3CCN(c4cccc5sccc45)CC3)cc2C1.O=C(O)/C=C\C(=O)O. The standard InChI is InChI=1S/C25H26N2S.C4H4O4/c1-19-5-7-21-8-6-20(18-22(21)17-19)9-11-26-12-14-27(15-13-26)24-3-2-4-25-23(24)10-16-28-25;5-3(6)1-2-4(7)8/h2-8,10,16,18H,1,9,11-15,17H2;1-2H,(H,5,6)(H,7,8)/b;2-1-. The summed E-state index contributed by atoms with van der Waals surface area (Å²) in [7, 11) is 0. The summed E-state index contributed by atoms with van der Waals surface area (Å²) < 4.78 is 1.39. The number of allylic oxidation sites excluding steroid dienone is 2. The van der Waals surface area contributed by atoms with E-state index in [1.807, 2.05) is 11.3 Å². The molecule has 2 N–H and O–H groups in total. The van der Waals surface area contributed by atoms with Gasteiger partial charge in [-0.05, 0) is 53.1 Å². The largest absolute Gasteiger partial charge is 0.478 e. The lowest BCUT2D eigenvalue weighted by Gasteiger charge is -2.36. The molecule has 0 atom stereocenters. The van der Waals surface area contributed by atoms with E-state index in [0.717, 1.165) is 45.6 Å². The lowest BCUT2D eigenvalue weighted by Crippen LogP contribution is -2.47. The third-order valence-electron chi connectivity index (χ3n) is 6.39. The number of benzene rings is 2. The second-order valence-corrected chi connectivity index (χ2v) is 9.85. The summed E-state index contributed by atoms with van der Waals surface area (Å²) in [6.45, 7) is 9.77. The van der Waals surface area contributed by atoms with E-state index >= 15 is 0 Å². The van der Waals surface area contributed by atoms with Crippen molar-refractivity contribution in [3.8, 4) is 0 Å². The van der Waals surface area contributed by atoms with Crippen molar-refractivity contribution >= 4 is 45.1 Å². The van der Waals surface area contributed by atoms with Gasteiger partial charge in [-0.15, -0.1) is 11.3 Å². The van der Waals surface area contributed by atoms with E-state index in [9.17, 15) is 9.59 Å². The Bertz CT molecular complexity index is 1300. The second-order valence-electron chi connectivity index (χ2n) is 8.90. The zero-order valence-corrected chi connectivity index (χ0v) is 20.9. The van der Waals surface area contributed by atoms with E-state index in [4.69, 9.17) is 10.2 Å². The number of aliphatic carboxylic acids is 2. The fourth-order valence-corrected chi connectivity index (χ4v) is 5.34. The maximum atomic E-state index is 9.55. The van der Waals surface area contributed by atoms with Gasteiger partial charge in [-0.1, -0.05) is 48.6 Å². The van der Waals surface area contributed by atoms with Crippen LogP contribution >= 0.6 is 11.3 Å². The molecule has 0 amide bonds. The van der Waals surface area contributed by atoms with Crippen LogP contribution in [-0.2, 0) is 22.4 Å². The van der Waals surface area contributed by atoms with Crippen LogP contribution in [0.25, 0.3) is 16.2 Å². The molecule has 0 spiro atoms. The number of hydrogen-bond acceptors (Lipinski definition) is 5. The van der Waals surface area contributed by atoms with Crippen LogP contribution < -0.4 is 4.90 Å². The molecule has 3 aromatic rings. The van der Waals surface area contributed by atoms with E-state index in [2.05, 4.69) is 76.4 Å². The first kappa shape index (κ1) is 25.4. The Morgan fingerprint density at radius 3 is 2.44 bits per heavy atom. The number of hydrogen-bond donors (Lipinski definition) is 2. The number of rotatable bonds is 6. The molecule has 0 radical (unpaired) electrons. The maximum Gasteiger partial charge on any atom is 0.328 e. The molecule has 7 heteroatoms. The van der Waals surface area contributed by atoms with Crippen molar-refractivity contribution in [1.82, 2.24) is 4.90 Å². The molecule has 2 aromatic carbocycles. The van der Waals surface area contributed by atoms with Crippen molar-refractivity contribution < 1.29 is 19.8 Å². The number of anilines is 1. The zero-order valence-electron chi connectivity index (χ0n) is 20.1. The minimum absolute atomic E-state index is 0.558. The maximum absolute atomic E-state index is 9.55. The van der Waals surface area contributed by atoms with Gasteiger partial charge in [0.15, 0.2) is 0 Å². The quantitative estimate of drug-likeness (QED) is 0.457. The predicted molar refractivity (Wildman–Crippen MR) is 147 cm³/mol. The number of carboxylic acids is 2. The van der Waals surface area contributed by atoms with Gasteiger partial charge >= 0.3 is 11.9 Å². The molecule has 1 fully saturated rings. The number of carbonyl (C=O) groups is 2. The van der Waals surface area contributed by atoms with Gasteiger partial charge in [0.1, 0.15) is 0 Å². The fourth-order valence-electron chi connectivity index (χ4n) is 4.54. The summed E-state index contributed by atoms with van der Waals surface area (Å²) in [6, 6.07) is 15.9. The number of fused-ring (bicyclic) bond motifs is 2. The van der Waals surface area contributed by atoms with Crippen LogP contribution in [0, 0.1) is 0 Å². The van der Waals surface area contributed by atoms with Gasteiger partial charge in [-0.25, -0.2) is 9.59 Å². The van der Waals surface area contributed by atoms with Gasteiger partial charge in [0.05, 0.1) is 0 Å². The summed E-state index contributed by atoms with van der Waals surface area (Å²) in [5, 5.41) is 19.2. The van der Waals surface area contributed by atoms with Crippen LogP contribution in [0.5, 0.6) is 0 Å². The van der Waals surface area contributed by atoms with Crippen LogP contribution in [-0.4, -0.2) is 59.8 Å². The zero-order chi connectivity index (χ0) is 25.5. The monoisotopic (exact) mass is 502 g/mol. The van der Waals surface area contributed by atoms with Gasteiger partial charge in [0.2, 0.25) is 0 Å². The van der Waals surface area contributed by atoms with Crippen molar-refractivity contribution in [3.63, 3.8) is 0 Å². The fraction of sp³-hybridized carbons (Fsp3) is 0.241. The highest BCUT2D eigenvalue weighted by molar-refractivity contribution is 7.17. The van der Waals surface area contributed by atoms with E-state index in [-0.39, 0.29) is 0 Å². The minimum atomic E-state index is -1.26. The third-order valence-corrected chi connectivity index (χ3v) is 7.28. The molecule has 186 valence electrons. The van der Waals surface area contributed by atoms with Gasteiger partial charge in [-0.3, -0.25) is 4.90 Å². The molecule has 1 aromatic heterocycles. The van der Waals surface area contributed by atoms with Gasteiger partial charge < -0.3 is 15.1 Å². The van der Waals surface area contributed by atoms with Gasteiger partial charge in [0.25, 0.3) is 0 Å². The van der Waals surface area contributed by atoms with Crippen LogP contribution in [0.2, 0.25) is 0 Å². The first-order valence-electron chi connectivity index (χ1n) is 11.9. The summed E-state index contributed by atoms with van der Waals surface area (Å²) in [5.74, 6) is -2.51. The van der Waals surface area contributed by atoms with Crippen LogP contribution in [0.15, 0.2) is 78.2 Å². The topological polar surface area (TPSA) is 81.1 Å². The Balaban J connectivity index is 0.000000331. The van der Waals surface area contributed by atoms with E-state index in [1.165, 1.54) is 38.0 Å². The summed E-state index contributed by atoms with van der Waals surface area (Å²) in [5.41, 5.74) is 6.85. The molecule has 1 aliphatic heterocycles. The Morgan fingerprint density at radius 1 is 0.972 bits per heavy atom. The Hall–Kier alpha value is -3.68. The number of piperazine rings is 1. The average molecular weight is 503 g/mol. The normalized spacial score (nSPS) is 15.6. The smallest absolute Gasteiger partial charge is 0.328 e. The van der Waals surface area contributed by atoms with Crippen LogP contribution in [0.3, 0.4) is 0 Å². The van der Waals surface area contributed by atoms with E-state index < -0.39 is 11.9 Å². The molecule has 0 unspecified atom stereocenters. The molecular weight excluding hydrogens is 472 g/mol. The number of thiophene rings is 1. The van der Waals surface area contributed by atoms with Crippen LogP contribution in [0.4, 0.5) is 5.69 Å². The highest BCUT2D eigenvalue weighted by Crippen LogP contribution is 2.31. The Kier molecular flexibility index (Phi) is 8.36. The van der Waals surface area contributed by atoms with Gasteiger partial charge in [0, 0.05) is 60.6 Å². The van der Waals surface area contributed by atoms with Crippen molar-refractivity contribution in [3.05, 3.63) is 94.9 Å². The molecule has 2 aliphatic rings. The highest BCUT2D eigenvalue weighted by atomic mass is 32.1. The first-order chi connectivity index (χ1) is 17.4. The van der Waals surface area contributed by atoms with E-state index in [0.29, 0.717) is 12.2 Å². The number of nitrogens with zero attached hydrogens (tertiary/aromatic N) is 2. The van der Waals surface area contributed by atoms with E-state index in [1.54, 1.807) is 0 Å². The minimum Gasteiger partial charge on any atom is -0.478 e. The Labute approximate surface area is 215 Å². The van der Waals surface area contributed by atoms with Crippen molar-refractivity contribution in [2.45, 2.75) is 12.8 Å². The first-order valence-corrected chi connectivity index (χ1v) is 12.8. The average Bonchev–Trinajstić information content (AvgIpc) is 3.36. The summed E-state index contributed by atoms with van der Waals surface area (Å²) in [4.78, 5) is 24.3. The summed E-state index contributed by atoms with van der Waals surface area (Å²) in [6.07, 6.45) is 7.57. The lowest BCUT2D eigenvalue weighted by molar-refractivity contribution is -0.134. The molecular formula is C29H30N2O4S. The molecule has 0 saturated carbocycles. The molecule has 5 rings (SSSR count). The third kappa shape index (κ3) is 6.71. The molecule has 0 bridgehead atoms. The molecule has 1 aliphatic carbocycles. The predicted octanol–water partition coefficient (Wildman–Crippen LogP) is 5.10. The second kappa shape index (κ2) is 11.8. The van der Waals surface area contributed by atoms with Crippen molar-refractivity contribution in [2.75, 3.05) is 37.6 Å². The molecule has 36 heavy (non-hydrogen) atoms. The van der Waals surface area contributed by atoms with Gasteiger partial charge in [-0.2, -0.15) is 0 Å². The summed E-state index contributed by atoms with van der Waals surface area (Å²) >= 11 is 1.83. The molecule has 6 nitrogen and oxygen atoms in total. The lowest BCUT2D eigenvalue weighted by atomic mass is 9.92. The highest BCUT2D eigenvalue weighted by Gasteiger charge is 2.19. The molecule has 1 saturated heterocycles.